The molecular formula is C17H19N3O3. The van der Waals surface area contributed by atoms with Crippen LogP contribution in [-0.2, 0) is 9.53 Å². The fraction of sp³-hybridized carbons (Fsp3) is 0.294. The topological polar surface area (TPSA) is 81.2 Å². The fourth-order valence-corrected chi connectivity index (χ4v) is 2.06. The largest absolute Gasteiger partial charge is 0.463 e. The van der Waals surface area contributed by atoms with Gasteiger partial charge in [0, 0.05) is 12.4 Å². The molecule has 1 atom stereocenters. The molecule has 6 nitrogen and oxygen atoms in total. The zero-order valence-electron chi connectivity index (χ0n) is 13.1. The first-order valence-corrected chi connectivity index (χ1v) is 7.37. The van der Waals surface area contributed by atoms with Gasteiger partial charge in [0.2, 0.25) is 0 Å². The maximum Gasteiger partial charge on any atom is 0.308 e. The molecule has 0 aliphatic carbocycles. The van der Waals surface area contributed by atoms with Crippen LogP contribution in [0.25, 0.3) is 0 Å². The molecule has 120 valence electrons. The third-order valence-corrected chi connectivity index (χ3v) is 3.04. The normalized spacial score (nSPS) is 11.8. The minimum absolute atomic E-state index is 0.0498. The standard InChI is InChI=1S/C17H19N3O3/c1-12(2)23-16(21)10-14(13-6-4-3-5-7-13)20-17(22)15-11-18-8-9-19-15/h3-9,11-12,14H,10H2,1-2H3,(H,20,22). The van der Waals surface area contributed by atoms with Crippen LogP contribution in [0.3, 0.4) is 0 Å². The third-order valence-electron chi connectivity index (χ3n) is 3.04. The van der Waals surface area contributed by atoms with E-state index in [0.717, 1.165) is 5.56 Å². The highest BCUT2D eigenvalue weighted by atomic mass is 16.5. The summed E-state index contributed by atoms with van der Waals surface area (Å²) in [6.45, 7) is 3.57. The van der Waals surface area contributed by atoms with E-state index in [0.29, 0.717) is 0 Å². The minimum Gasteiger partial charge on any atom is -0.463 e. The average Bonchev–Trinajstić information content (AvgIpc) is 2.55. The molecule has 1 aromatic carbocycles. The first-order valence-electron chi connectivity index (χ1n) is 7.37. The summed E-state index contributed by atoms with van der Waals surface area (Å²) in [5.74, 6) is -0.752. The van der Waals surface area contributed by atoms with E-state index in [1.807, 2.05) is 30.3 Å². The first-order chi connectivity index (χ1) is 11.1. The SMILES string of the molecule is CC(C)OC(=O)CC(NC(=O)c1cnccn1)c1ccccc1. The number of hydrogen-bond donors (Lipinski definition) is 1. The van der Waals surface area contributed by atoms with Crippen molar-refractivity contribution in [2.75, 3.05) is 0 Å². The quantitative estimate of drug-likeness (QED) is 0.828. The summed E-state index contributed by atoms with van der Waals surface area (Å²) < 4.78 is 5.17. The zero-order valence-corrected chi connectivity index (χ0v) is 13.1. The first kappa shape index (κ1) is 16.6. The molecule has 0 saturated carbocycles. The molecule has 0 aliphatic heterocycles. The Balaban J connectivity index is 2.14. The highest BCUT2D eigenvalue weighted by Gasteiger charge is 2.21. The summed E-state index contributed by atoms with van der Waals surface area (Å²) in [5, 5.41) is 2.81. The maximum atomic E-state index is 12.3. The lowest BCUT2D eigenvalue weighted by Crippen LogP contribution is -2.31. The number of nitrogens with zero attached hydrogens (tertiary/aromatic N) is 2. The van der Waals surface area contributed by atoms with E-state index < -0.39 is 6.04 Å². The van der Waals surface area contributed by atoms with Gasteiger partial charge in [0.1, 0.15) is 5.69 Å². The van der Waals surface area contributed by atoms with Crippen LogP contribution < -0.4 is 5.32 Å². The van der Waals surface area contributed by atoms with Gasteiger partial charge < -0.3 is 10.1 Å². The van der Waals surface area contributed by atoms with Crippen molar-refractivity contribution < 1.29 is 14.3 Å². The van der Waals surface area contributed by atoms with Gasteiger partial charge in [-0.1, -0.05) is 30.3 Å². The summed E-state index contributed by atoms with van der Waals surface area (Å²) >= 11 is 0. The lowest BCUT2D eigenvalue weighted by atomic mass is 10.0. The number of esters is 1. The Labute approximate surface area is 134 Å². The molecule has 0 saturated heterocycles. The van der Waals surface area contributed by atoms with Crippen molar-refractivity contribution in [1.82, 2.24) is 15.3 Å². The van der Waals surface area contributed by atoms with E-state index in [1.54, 1.807) is 13.8 Å². The van der Waals surface area contributed by atoms with E-state index >= 15 is 0 Å². The molecule has 0 radical (unpaired) electrons. The Kier molecular flexibility index (Phi) is 5.80. The maximum absolute atomic E-state index is 12.3. The molecular weight excluding hydrogens is 294 g/mol. The van der Waals surface area contributed by atoms with Crippen molar-refractivity contribution in [1.29, 1.82) is 0 Å². The van der Waals surface area contributed by atoms with Crippen molar-refractivity contribution in [3.05, 3.63) is 60.2 Å². The molecule has 2 aromatic rings. The molecule has 1 aromatic heterocycles. The monoisotopic (exact) mass is 313 g/mol. The second-order valence-electron chi connectivity index (χ2n) is 5.27. The molecule has 0 spiro atoms. The van der Waals surface area contributed by atoms with Gasteiger partial charge in [-0.3, -0.25) is 14.6 Å². The summed E-state index contributed by atoms with van der Waals surface area (Å²) in [6, 6.07) is 8.79. The lowest BCUT2D eigenvalue weighted by Gasteiger charge is -2.19. The van der Waals surface area contributed by atoms with Crippen molar-refractivity contribution >= 4 is 11.9 Å². The Morgan fingerprint density at radius 2 is 1.91 bits per heavy atom. The van der Waals surface area contributed by atoms with Crippen molar-refractivity contribution in [3.63, 3.8) is 0 Å². The second kappa shape index (κ2) is 8.03. The van der Waals surface area contributed by atoms with E-state index in [9.17, 15) is 9.59 Å². The Hall–Kier alpha value is -2.76. The number of aromatic nitrogens is 2. The van der Waals surface area contributed by atoms with Gasteiger partial charge in [0.15, 0.2) is 0 Å². The van der Waals surface area contributed by atoms with Gasteiger partial charge in [0.05, 0.1) is 24.8 Å². The summed E-state index contributed by atoms with van der Waals surface area (Å²) in [4.78, 5) is 32.1. The molecule has 1 amide bonds. The number of benzene rings is 1. The number of carbonyl (C=O) groups is 2. The summed E-state index contributed by atoms with van der Waals surface area (Å²) in [6.07, 6.45) is 4.16. The van der Waals surface area contributed by atoms with Gasteiger partial charge in [-0.15, -0.1) is 0 Å². The van der Waals surface area contributed by atoms with Crippen molar-refractivity contribution in [3.8, 4) is 0 Å². The van der Waals surface area contributed by atoms with Gasteiger partial charge in [0.25, 0.3) is 5.91 Å². The predicted molar refractivity (Wildman–Crippen MR) is 84.5 cm³/mol. The summed E-state index contributed by atoms with van der Waals surface area (Å²) in [5.41, 5.74) is 1.02. The van der Waals surface area contributed by atoms with Crippen LogP contribution >= 0.6 is 0 Å². The molecule has 1 N–H and O–H groups in total. The number of ether oxygens (including phenoxy) is 1. The molecule has 23 heavy (non-hydrogen) atoms. The number of hydrogen-bond acceptors (Lipinski definition) is 5. The lowest BCUT2D eigenvalue weighted by molar-refractivity contribution is -0.147. The van der Waals surface area contributed by atoms with Crippen LogP contribution in [0, 0.1) is 0 Å². The molecule has 6 heteroatoms. The van der Waals surface area contributed by atoms with E-state index in [4.69, 9.17) is 4.74 Å². The Morgan fingerprint density at radius 1 is 1.17 bits per heavy atom. The highest BCUT2D eigenvalue weighted by molar-refractivity contribution is 5.92. The van der Waals surface area contributed by atoms with Crippen molar-refractivity contribution in [2.24, 2.45) is 0 Å². The molecule has 0 bridgehead atoms. The smallest absolute Gasteiger partial charge is 0.308 e. The number of amides is 1. The van der Waals surface area contributed by atoms with Crippen LogP contribution in [0.15, 0.2) is 48.9 Å². The fourth-order valence-electron chi connectivity index (χ4n) is 2.06. The Bertz CT molecular complexity index is 645. The molecule has 0 aliphatic rings. The van der Waals surface area contributed by atoms with Crippen LogP contribution in [0.1, 0.15) is 42.4 Å². The second-order valence-corrected chi connectivity index (χ2v) is 5.27. The van der Waals surface area contributed by atoms with Crippen LogP contribution in [0.4, 0.5) is 0 Å². The highest BCUT2D eigenvalue weighted by Crippen LogP contribution is 2.18. The van der Waals surface area contributed by atoms with Gasteiger partial charge in [-0.05, 0) is 19.4 Å². The van der Waals surface area contributed by atoms with Gasteiger partial charge >= 0.3 is 5.97 Å². The van der Waals surface area contributed by atoms with Crippen LogP contribution in [0.5, 0.6) is 0 Å². The average molecular weight is 313 g/mol. The number of nitrogens with one attached hydrogen (secondary N) is 1. The number of rotatable bonds is 6. The van der Waals surface area contributed by atoms with Gasteiger partial charge in [-0.25, -0.2) is 4.98 Å². The predicted octanol–water partition coefficient (Wildman–Crippen LogP) is 2.29. The molecule has 0 fully saturated rings. The molecule has 2 rings (SSSR count). The van der Waals surface area contributed by atoms with E-state index in [1.165, 1.54) is 18.6 Å². The van der Waals surface area contributed by atoms with E-state index in [-0.39, 0.29) is 30.1 Å². The van der Waals surface area contributed by atoms with Crippen LogP contribution in [-0.4, -0.2) is 27.9 Å². The van der Waals surface area contributed by atoms with Gasteiger partial charge in [-0.2, -0.15) is 0 Å². The zero-order chi connectivity index (χ0) is 16.7. The molecule has 1 unspecified atom stereocenters. The number of carbonyl (C=O) groups excluding carboxylic acids is 2. The van der Waals surface area contributed by atoms with Crippen LogP contribution in [0.2, 0.25) is 0 Å². The third kappa shape index (κ3) is 5.18. The van der Waals surface area contributed by atoms with Crippen molar-refractivity contribution in [2.45, 2.75) is 32.4 Å². The minimum atomic E-state index is -0.489. The van der Waals surface area contributed by atoms with E-state index in [2.05, 4.69) is 15.3 Å². The summed E-state index contributed by atoms with van der Waals surface area (Å²) in [7, 11) is 0. The Morgan fingerprint density at radius 3 is 2.52 bits per heavy atom. The molecule has 1 heterocycles.